The minimum atomic E-state index is -0.121. The van der Waals surface area contributed by atoms with E-state index in [9.17, 15) is 9.59 Å². The first-order chi connectivity index (χ1) is 21.4. The van der Waals surface area contributed by atoms with Crippen LogP contribution in [0.25, 0.3) is 11.1 Å². The van der Waals surface area contributed by atoms with Gasteiger partial charge in [0.2, 0.25) is 11.8 Å². The fourth-order valence-electron chi connectivity index (χ4n) is 4.68. The number of nitrogens with one attached hydrogen (secondary N) is 2. The SMILES string of the molecule is CCOc1ccc(CC(=O)Nc2ccc(-c3ccc(NC(=O)Cc4ccc(OCC)c(OCC)c4)cc3)cc2)cc1OCC. The van der Waals surface area contributed by atoms with Gasteiger partial charge in [-0.3, -0.25) is 9.59 Å². The van der Waals surface area contributed by atoms with Crippen molar-refractivity contribution >= 4 is 23.2 Å². The smallest absolute Gasteiger partial charge is 0.228 e. The van der Waals surface area contributed by atoms with E-state index >= 15 is 0 Å². The molecule has 0 aliphatic carbocycles. The molecule has 0 saturated carbocycles. The summed E-state index contributed by atoms with van der Waals surface area (Å²) < 4.78 is 22.6. The molecular weight excluding hydrogens is 556 g/mol. The van der Waals surface area contributed by atoms with Gasteiger partial charge in [-0.25, -0.2) is 0 Å². The predicted molar refractivity (Wildman–Crippen MR) is 174 cm³/mol. The normalized spacial score (nSPS) is 10.5. The highest BCUT2D eigenvalue weighted by Gasteiger charge is 2.12. The number of amides is 2. The highest BCUT2D eigenvalue weighted by molar-refractivity contribution is 5.93. The molecule has 0 spiro atoms. The van der Waals surface area contributed by atoms with E-state index in [1.165, 1.54) is 0 Å². The van der Waals surface area contributed by atoms with Gasteiger partial charge in [-0.2, -0.15) is 0 Å². The van der Waals surface area contributed by atoms with Crippen LogP contribution in [0, 0.1) is 0 Å². The highest BCUT2D eigenvalue weighted by Crippen LogP contribution is 2.30. The van der Waals surface area contributed by atoms with E-state index in [0.29, 0.717) is 60.8 Å². The molecule has 4 aromatic rings. The molecule has 2 N–H and O–H groups in total. The fourth-order valence-corrected chi connectivity index (χ4v) is 4.68. The molecule has 230 valence electrons. The molecule has 0 fully saturated rings. The zero-order valence-electron chi connectivity index (χ0n) is 25.8. The van der Waals surface area contributed by atoms with E-state index < -0.39 is 0 Å². The lowest BCUT2D eigenvalue weighted by atomic mass is 10.0. The molecule has 0 bridgehead atoms. The Morgan fingerprint density at radius 2 is 0.818 bits per heavy atom. The van der Waals surface area contributed by atoms with E-state index in [4.69, 9.17) is 18.9 Å². The minimum Gasteiger partial charge on any atom is -0.490 e. The van der Waals surface area contributed by atoms with E-state index in [1.807, 2.05) is 113 Å². The number of ether oxygens (including phenoxy) is 4. The Balaban J connectivity index is 1.31. The first kappa shape index (κ1) is 31.9. The average Bonchev–Trinajstić information content (AvgIpc) is 3.01. The maximum atomic E-state index is 12.7. The highest BCUT2D eigenvalue weighted by atomic mass is 16.5. The second-order valence-corrected chi connectivity index (χ2v) is 9.90. The molecule has 4 rings (SSSR count). The zero-order valence-corrected chi connectivity index (χ0v) is 25.8. The molecule has 0 aromatic heterocycles. The molecule has 0 heterocycles. The molecule has 0 aliphatic heterocycles. The number of hydrogen-bond donors (Lipinski definition) is 2. The van der Waals surface area contributed by atoms with Crippen molar-refractivity contribution in [3.8, 4) is 34.1 Å². The second kappa shape index (κ2) is 16.0. The third-order valence-electron chi connectivity index (χ3n) is 6.62. The maximum Gasteiger partial charge on any atom is 0.228 e. The summed E-state index contributed by atoms with van der Waals surface area (Å²) in [5.74, 6) is 2.37. The van der Waals surface area contributed by atoms with Crippen molar-refractivity contribution in [2.45, 2.75) is 40.5 Å². The van der Waals surface area contributed by atoms with Gasteiger partial charge in [0.1, 0.15) is 0 Å². The van der Waals surface area contributed by atoms with E-state index in [1.54, 1.807) is 0 Å². The van der Waals surface area contributed by atoms with Crippen molar-refractivity contribution in [2.75, 3.05) is 37.1 Å². The lowest BCUT2D eigenvalue weighted by Crippen LogP contribution is -2.14. The third-order valence-corrected chi connectivity index (χ3v) is 6.62. The van der Waals surface area contributed by atoms with Crippen LogP contribution in [-0.4, -0.2) is 38.2 Å². The zero-order chi connectivity index (χ0) is 31.3. The summed E-state index contributed by atoms with van der Waals surface area (Å²) in [6, 6.07) is 26.4. The van der Waals surface area contributed by atoms with Gasteiger partial charge in [0, 0.05) is 11.4 Å². The van der Waals surface area contributed by atoms with Crippen molar-refractivity contribution in [1.29, 1.82) is 0 Å². The third kappa shape index (κ3) is 9.01. The van der Waals surface area contributed by atoms with Crippen LogP contribution in [-0.2, 0) is 22.4 Å². The van der Waals surface area contributed by atoms with Gasteiger partial charge in [-0.15, -0.1) is 0 Å². The topological polar surface area (TPSA) is 95.1 Å². The Bertz CT molecular complexity index is 1420. The van der Waals surface area contributed by atoms with E-state index in [-0.39, 0.29) is 24.7 Å². The Morgan fingerprint density at radius 3 is 1.16 bits per heavy atom. The predicted octanol–water partition coefficient (Wildman–Crippen LogP) is 7.31. The van der Waals surface area contributed by atoms with Gasteiger partial charge in [-0.05, 0) is 98.5 Å². The molecule has 4 aromatic carbocycles. The molecule has 8 nitrogen and oxygen atoms in total. The summed E-state index contributed by atoms with van der Waals surface area (Å²) in [4.78, 5) is 25.4. The van der Waals surface area contributed by atoms with Crippen LogP contribution in [0.5, 0.6) is 23.0 Å². The number of anilines is 2. The van der Waals surface area contributed by atoms with Crippen LogP contribution in [0.1, 0.15) is 38.8 Å². The van der Waals surface area contributed by atoms with Crippen LogP contribution in [0.2, 0.25) is 0 Å². The number of carbonyl (C=O) groups excluding carboxylic acids is 2. The standard InChI is InChI=1S/C36H40N2O6/c1-5-41-31-19-9-25(21-33(31)43-7-3)23-35(39)37-29-15-11-27(12-16-29)28-13-17-30(18-14-28)38-36(40)24-26-10-20-32(42-6-2)34(22-26)44-8-4/h9-22H,5-8,23-24H2,1-4H3,(H,37,39)(H,38,40). The van der Waals surface area contributed by atoms with Gasteiger partial charge in [0.05, 0.1) is 39.3 Å². The van der Waals surface area contributed by atoms with Crippen LogP contribution in [0.4, 0.5) is 11.4 Å². The van der Waals surface area contributed by atoms with Crippen molar-refractivity contribution < 1.29 is 28.5 Å². The van der Waals surface area contributed by atoms with Gasteiger partial charge >= 0.3 is 0 Å². The van der Waals surface area contributed by atoms with E-state index in [0.717, 1.165) is 22.3 Å². The molecule has 8 heteroatoms. The first-order valence-corrected chi connectivity index (χ1v) is 15.0. The van der Waals surface area contributed by atoms with Crippen molar-refractivity contribution in [3.63, 3.8) is 0 Å². The van der Waals surface area contributed by atoms with E-state index in [2.05, 4.69) is 10.6 Å². The Labute approximate surface area is 259 Å². The van der Waals surface area contributed by atoms with Crippen molar-refractivity contribution in [3.05, 3.63) is 96.1 Å². The lowest BCUT2D eigenvalue weighted by Gasteiger charge is -2.13. The number of rotatable bonds is 15. The largest absolute Gasteiger partial charge is 0.490 e. The molecule has 0 radical (unpaired) electrons. The van der Waals surface area contributed by atoms with Crippen LogP contribution in [0.15, 0.2) is 84.9 Å². The quantitative estimate of drug-likeness (QED) is 0.149. The molecular formula is C36H40N2O6. The molecule has 2 amide bonds. The molecule has 0 saturated heterocycles. The lowest BCUT2D eigenvalue weighted by molar-refractivity contribution is -0.116. The summed E-state index contributed by atoms with van der Waals surface area (Å²) in [5.41, 5.74) is 5.08. The fraction of sp³-hybridized carbons (Fsp3) is 0.278. The summed E-state index contributed by atoms with van der Waals surface area (Å²) >= 11 is 0. The Kier molecular flexibility index (Phi) is 11.6. The van der Waals surface area contributed by atoms with Crippen molar-refractivity contribution in [2.24, 2.45) is 0 Å². The molecule has 44 heavy (non-hydrogen) atoms. The minimum absolute atomic E-state index is 0.121. The first-order valence-electron chi connectivity index (χ1n) is 15.0. The van der Waals surface area contributed by atoms with Gasteiger partial charge in [-0.1, -0.05) is 36.4 Å². The van der Waals surface area contributed by atoms with Gasteiger partial charge in [0.15, 0.2) is 23.0 Å². The summed E-state index contributed by atoms with van der Waals surface area (Å²) in [6.45, 7) is 9.77. The molecule has 0 unspecified atom stereocenters. The number of carbonyl (C=O) groups is 2. The van der Waals surface area contributed by atoms with Crippen LogP contribution >= 0.6 is 0 Å². The van der Waals surface area contributed by atoms with Crippen LogP contribution in [0.3, 0.4) is 0 Å². The van der Waals surface area contributed by atoms with Gasteiger partial charge in [0.25, 0.3) is 0 Å². The average molecular weight is 597 g/mol. The monoisotopic (exact) mass is 596 g/mol. The summed E-state index contributed by atoms with van der Waals surface area (Å²) in [6.07, 6.45) is 0.432. The van der Waals surface area contributed by atoms with Crippen LogP contribution < -0.4 is 29.6 Å². The summed E-state index contributed by atoms with van der Waals surface area (Å²) in [5, 5.41) is 5.91. The Hall–Kier alpha value is -4.98. The molecule has 0 atom stereocenters. The summed E-state index contributed by atoms with van der Waals surface area (Å²) in [7, 11) is 0. The number of hydrogen-bond acceptors (Lipinski definition) is 6. The maximum absolute atomic E-state index is 12.7. The molecule has 0 aliphatic rings. The Morgan fingerprint density at radius 1 is 0.477 bits per heavy atom. The van der Waals surface area contributed by atoms with Gasteiger partial charge < -0.3 is 29.6 Å². The second-order valence-electron chi connectivity index (χ2n) is 9.90. The van der Waals surface area contributed by atoms with Crippen molar-refractivity contribution in [1.82, 2.24) is 0 Å². The number of benzene rings is 4.